The van der Waals surface area contributed by atoms with Crippen LogP contribution >= 0.6 is 0 Å². The molecule has 0 saturated carbocycles. The number of carbonyl (C=O) groups excluding carboxylic acids is 1. The molecule has 11 heteroatoms. The number of anilines is 1. The molecule has 0 atom stereocenters. The van der Waals surface area contributed by atoms with Gasteiger partial charge in [0.15, 0.2) is 0 Å². The highest BCUT2D eigenvalue weighted by Crippen LogP contribution is 2.22. The van der Waals surface area contributed by atoms with E-state index in [-0.39, 0.29) is 17.4 Å². The van der Waals surface area contributed by atoms with E-state index in [1.54, 1.807) is 7.05 Å². The summed E-state index contributed by atoms with van der Waals surface area (Å²) < 4.78 is 51.8. The van der Waals surface area contributed by atoms with E-state index >= 15 is 0 Å². The zero-order valence-electron chi connectivity index (χ0n) is 16.5. The number of halogens is 2. The predicted octanol–water partition coefficient (Wildman–Crippen LogP) is 2.15. The van der Waals surface area contributed by atoms with Crippen molar-refractivity contribution in [1.82, 2.24) is 9.21 Å². The van der Waals surface area contributed by atoms with Crippen LogP contribution in [-0.4, -0.2) is 56.1 Å². The van der Waals surface area contributed by atoms with E-state index in [0.29, 0.717) is 36.2 Å². The SMILES string of the molecule is CN(C(=O)Nc1ccc(-c2cc(F)cc(F)c2)c[n+]1[O-])C1CCN(S(C)(=O)=O)CC1. The van der Waals surface area contributed by atoms with Crippen LogP contribution in [0.15, 0.2) is 36.5 Å². The number of sulfonamides is 1. The summed E-state index contributed by atoms with van der Waals surface area (Å²) in [7, 11) is -1.68. The first-order chi connectivity index (χ1) is 14.0. The molecule has 2 amide bonds. The van der Waals surface area contributed by atoms with Crippen LogP contribution in [0.5, 0.6) is 0 Å². The zero-order chi connectivity index (χ0) is 22.1. The van der Waals surface area contributed by atoms with Crippen molar-refractivity contribution in [3.05, 3.63) is 53.4 Å². The molecule has 0 aliphatic carbocycles. The Balaban J connectivity index is 1.67. The maximum absolute atomic E-state index is 13.4. The lowest BCUT2D eigenvalue weighted by Crippen LogP contribution is -2.48. The number of hydrogen-bond donors (Lipinski definition) is 1. The third-order valence-electron chi connectivity index (χ3n) is 5.11. The fourth-order valence-electron chi connectivity index (χ4n) is 3.39. The predicted molar refractivity (Wildman–Crippen MR) is 107 cm³/mol. The summed E-state index contributed by atoms with van der Waals surface area (Å²) in [5.74, 6) is -1.56. The van der Waals surface area contributed by atoms with E-state index in [0.717, 1.165) is 30.7 Å². The molecule has 0 spiro atoms. The van der Waals surface area contributed by atoms with Crippen molar-refractivity contribution in [3.63, 3.8) is 0 Å². The fourth-order valence-corrected chi connectivity index (χ4v) is 4.27. The molecular formula is C19H22F2N4O4S. The number of nitrogens with one attached hydrogen (secondary N) is 1. The van der Waals surface area contributed by atoms with Crippen LogP contribution in [0.4, 0.5) is 19.4 Å². The molecule has 0 unspecified atom stereocenters. The van der Waals surface area contributed by atoms with Gasteiger partial charge < -0.3 is 10.1 Å². The Morgan fingerprint density at radius 3 is 2.30 bits per heavy atom. The van der Waals surface area contributed by atoms with Crippen molar-refractivity contribution in [1.29, 1.82) is 0 Å². The van der Waals surface area contributed by atoms with E-state index in [1.165, 1.54) is 21.3 Å². The van der Waals surface area contributed by atoms with Crippen LogP contribution in [0.3, 0.4) is 0 Å². The van der Waals surface area contributed by atoms with E-state index in [2.05, 4.69) is 5.32 Å². The molecule has 162 valence electrons. The number of piperidine rings is 1. The fraction of sp³-hybridized carbons (Fsp3) is 0.368. The highest BCUT2D eigenvalue weighted by molar-refractivity contribution is 7.88. The van der Waals surface area contributed by atoms with Gasteiger partial charge in [-0.1, -0.05) is 0 Å². The molecule has 30 heavy (non-hydrogen) atoms. The molecule has 1 aliphatic rings. The van der Waals surface area contributed by atoms with Gasteiger partial charge in [0.05, 0.1) is 6.26 Å². The van der Waals surface area contributed by atoms with Gasteiger partial charge in [0.2, 0.25) is 10.0 Å². The van der Waals surface area contributed by atoms with E-state index in [9.17, 15) is 27.2 Å². The number of urea groups is 1. The zero-order valence-corrected chi connectivity index (χ0v) is 17.3. The molecule has 2 heterocycles. The first kappa shape index (κ1) is 21.9. The summed E-state index contributed by atoms with van der Waals surface area (Å²) in [6.07, 6.45) is 3.24. The van der Waals surface area contributed by atoms with Gasteiger partial charge in [-0.05, 0) is 36.6 Å². The number of nitrogens with zero attached hydrogens (tertiary/aromatic N) is 3. The molecule has 1 fully saturated rings. The average Bonchev–Trinajstić information content (AvgIpc) is 2.67. The van der Waals surface area contributed by atoms with E-state index in [1.807, 2.05) is 0 Å². The Bertz CT molecular complexity index is 1040. The Labute approximate surface area is 173 Å². The summed E-state index contributed by atoms with van der Waals surface area (Å²) in [4.78, 5) is 14.0. The quantitative estimate of drug-likeness (QED) is 0.582. The van der Waals surface area contributed by atoms with Crippen molar-refractivity contribution >= 4 is 21.9 Å². The van der Waals surface area contributed by atoms with Gasteiger partial charge in [0, 0.05) is 43.9 Å². The molecular weight excluding hydrogens is 418 g/mol. The highest BCUT2D eigenvalue weighted by Gasteiger charge is 2.30. The third kappa shape index (κ3) is 5.03. The molecule has 1 saturated heterocycles. The molecule has 1 aromatic carbocycles. The number of carbonyl (C=O) groups is 1. The van der Waals surface area contributed by atoms with Gasteiger partial charge in [0.25, 0.3) is 5.82 Å². The number of benzene rings is 1. The molecule has 1 N–H and O–H groups in total. The minimum atomic E-state index is -3.26. The Morgan fingerprint density at radius 1 is 1.17 bits per heavy atom. The number of aromatic nitrogens is 1. The van der Waals surface area contributed by atoms with Crippen LogP contribution in [0.1, 0.15) is 12.8 Å². The average molecular weight is 440 g/mol. The molecule has 0 bridgehead atoms. The van der Waals surface area contributed by atoms with E-state index in [4.69, 9.17) is 0 Å². The second-order valence-corrected chi connectivity index (χ2v) is 9.20. The van der Waals surface area contributed by atoms with Crippen LogP contribution in [0, 0.1) is 16.8 Å². The van der Waals surface area contributed by atoms with Crippen molar-refractivity contribution in [2.24, 2.45) is 0 Å². The van der Waals surface area contributed by atoms with Gasteiger partial charge in [-0.15, -0.1) is 0 Å². The first-order valence-corrected chi connectivity index (χ1v) is 11.1. The summed E-state index contributed by atoms with van der Waals surface area (Å²) in [6.45, 7) is 0.642. The van der Waals surface area contributed by atoms with Crippen molar-refractivity contribution in [2.75, 3.05) is 31.7 Å². The number of rotatable bonds is 4. The molecule has 1 aromatic heterocycles. The Hall–Kier alpha value is -2.79. The first-order valence-electron chi connectivity index (χ1n) is 9.23. The van der Waals surface area contributed by atoms with Crippen molar-refractivity contribution in [3.8, 4) is 11.1 Å². The molecule has 0 radical (unpaired) electrons. The second kappa shape index (κ2) is 8.52. The lowest BCUT2D eigenvalue weighted by atomic mass is 10.1. The standard InChI is InChI=1S/C19H22F2N4O4S/c1-23(17-5-7-24(8-6-17)30(2,28)29)19(26)22-18-4-3-13(12-25(18)27)14-9-15(20)11-16(21)10-14/h3-4,9-12,17H,5-8H2,1-2H3,(H,22,26). The molecule has 3 rings (SSSR count). The topological polar surface area (TPSA) is 96.7 Å². The maximum Gasteiger partial charge on any atom is 0.409 e. The van der Waals surface area contributed by atoms with Gasteiger partial charge in [-0.3, -0.25) is 0 Å². The number of amides is 2. The van der Waals surface area contributed by atoms with E-state index < -0.39 is 27.7 Å². The lowest BCUT2D eigenvalue weighted by molar-refractivity contribution is -0.589. The molecule has 2 aromatic rings. The second-order valence-electron chi connectivity index (χ2n) is 7.22. The minimum Gasteiger partial charge on any atom is -0.711 e. The smallest absolute Gasteiger partial charge is 0.409 e. The Morgan fingerprint density at radius 2 is 1.77 bits per heavy atom. The lowest BCUT2D eigenvalue weighted by Gasteiger charge is -2.34. The minimum absolute atomic E-state index is 0.0407. The van der Waals surface area contributed by atoms with Gasteiger partial charge in [-0.2, -0.15) is 5.32 Å². The summed E-state index contributed by atoms with van der Waals surface area (Å²) >= 11 is 0. The molecule has 1 aliphatic heterocycles. The third-order valence-corrected chi connectivity index (χ3v) is 6.41. The van der Waals surface area contributed by atoms with Crippen molar-refractivity contribution in [2.45, 2.75) is 18.9 Å². The van der Waals surface area contributed by atoms with Gasteiger partial charge in [0.1, 0.15) is 17.8 Å². The summed E-state index contributed by atoms with van der Waals surface area (Å²) in [5.41, 5.74) is 0.493. The van der Waals surface area contributed by atoms with Crippen LogP contribution in [0.2, 0.25) is 0 Å². The van der Waals surface area contributed by atoms with Gasteiger partial charge in [-0.25, -0.2) is 31.0 Å². The number of hydrogen-bond acceptors (Lipinski definition) is 4. The number of pyridine rings is 1. The summed E-state index contributed by atoms with van der Waals surface area (Å²) in [6, 6.07) is 5.09. The Kier molecular flexibility index (Phi) is 6.22. The largest absolute Gasteiger partial charge is 0.711 e. The monoisotopic (exact) mass is 440 g/mol. The normalized spacial score (nSPS) is 15.7. The highest BCUT2D eigenvalue weighted by atomic mass is 32.2. The van der Waals surface area contributed by atoms with Crippen molar-refractivity contribution < 1.29 is 26.7 Å². The van der Waals surface area contributed by atoms with Crippen LogP contribution < -0.4 is 10.0 Å². The molecule has 8 nitrogen and oxygen atoms in total. The van der Waals surface area contributed by atoms with Crippen LogP contribution in [0.25, 0.3) is 11.1 Å². The summed E-state index contributed by atoms with van der Waals surface area (Å²) in [5, 5.41) is 14.8. The van der Waals surface area contributed by atoms with Crippen LogP contribution in [-0.2, 0) is 10.0 Å². The van der Waals surface area contributed by atoms with Gasteiger partial charge >= 0.3 is 6.03 Å². The maximum atomic E-state index is 13.4.